The van der Waals surface area contributed by atoms with Crippen LogP contribution in [0.2, 0.25) is 0 Å². The van der Waals surface area contributed by atoms with E-state index in [1.54, 1.807) is 4.90 Å². The van der Waals surface area contributed by atoms with Gasteiger partial charge >= 0.3 is 0 Å². The van der Waals surface area contributed by atoms with Crippen molar-refractivity contribution < 1.29 is 19.0 Å². The Hall–Kier alpha value is -4.30. The van der Waals surface area contributed by atoms with Crippen molar-refractivity contribution in [3.05, 3.63) is 83.9 Å². The highest BCUT2D eigenvalue weighted by molar-refractivity contribution is 6.12. The quantitative estimate of drug-likeness (QED) is 0.446. The number of carbonyl (C=O) groups excluding carboxylic acids is 1. The molecule has 4 aromatic rings. The minimum atomic E-state index is -0.486. The summed E-state index contributed by atoms with van der Waals surface area (Å²) >= 11 is 0. The number of rotatable bonds is 3. The first-order valence-electron chi connectivity index (χ1n) is 12.6. The Morgan fingerprint density at radius 2 is 1.62 bits per heavy atom. The summed E-state index contributed by atoms with van der Waals surface area (Å²) < 4.78 is 17.2. The molecule has 0 aliphatic carbocycles. The van der Waals surface area contributed by atoms with Crippen LogP contribution in [0.1, 0.15) is 22.1 Å². The molecule has 8 nitrogen and oxygen atoms in total. The van der Waals surface area contributed by atoms with Crippen molar-refractivity contribution in [3.8, 4) is 11.5 Å². The van der Waals surface area contributed by atoms with Crippen LogP contribution in [0.15, 0.2) is 72.8 Å². The summed E-state index contributed by atoms with van der Waals surface area (Å²) in [6, 6.07) is 23.5. The van der Waals surface area contributed by atoms with Crippen LogP contribution < -0.4 is 24.6 Å². The van der Waals surface area contributed by atoms with E-state index in [1.165, 1.54) is 0 Å². The van der Waals surface area contributed by atoms with Gasteiger partial charge in [-0.1, -0.05) is 30.3 Å². The first-order chi connectivity index (χ1) is 18.3. The maximum absolute atomic E-state index is 14.1. The van der Waals surface area contributed by atoms with Crippen molar-refractivity contribution in [2.45, 2.75) is 6.17 Å². The lowest BCUT2D eigenvalue weighted by molar-refractivity contribution is 0.0974. The molecule has 0 spiro atoms. The van der Waals surface area contributed by atoms with Gasteiger partial charge in [0.05, 0.1) is 30.0 Å². The number of aromatic nitrogens is 1. The molecule has 37 heavy (non-hydrogen) atoms. The zero-order chi connectivity index (χ0) is 24.8. The van der Waals surface area contributed by atoms with Crippen LogP contribution in [0.4, 0.5) is 17.2 Å². The van der Waals surface area contributed by atoms with Gasteiger partial charge in [-0.05, 0) is 36.4 Å². The van der Waals surface area contributed by atoms with E-state index in [1.807, 2.05) is 60.7 Å². The van der Waals surface area contributed by atoms with Crippen LogP contribution in [0, 0.1) is 0 Å². The summed E-state index contributed by atoms with van der Waals surface area (Å²) in [7, 11) is 0. The van der Waals surface area contributed by atoms with Gasteiger partial charge in [-0.15, -0.1) is 0 Å². The summed E-state index contributed by atoms with van der Waals surface area (Å²) in [4.78, 5) is 23.2. The number of morpholine rings is 1. The number of amides is 1. The Labute approximate surface area is 214 Å². The molecule has 8 heteroatoms. The molecule has 0 bridgehead atoms. The Bertz CT molecular complexity index is 1500. The topological polar surface area (TPSA) is 76.2 Å². The van der Waals surface area contributed by atoms with Gasteiger partial charge in [0.2, 0.25) is 0 Å². The third kappa shape index (κ3) is 3.81. The molecule has 1 fully saturated rings. The van der Waals surface area contributed by atoms with Crippen LogP contribution >= 0.6 is 0 Å². The summed E-state index contributed by atoms with van der Waals surface area (Å²) in [5.74, 6) is 2.09. The number of nitrogens with zero attached hydrogens (tertiary/aromatic N) is 3. The number of hydrogen-bond donors (Lipinski definition) is 1. The molecule has 4 heterocycles. The maximum atomic E-state index is 14.1. The highest BCUT2D eigenvalue weighted by atomic mass is 16.6. The van der Waals surface area contributed by atoms with Crippen LogP contribution in [-0.4, -0.2) is 50.4 Å². The molecule has 1 amide bonds. The Morgan fingerprint density at radius 3 is 2.51 bits per heavy atom. The van der Waals surface area contributed by atoms with E-state index in [-0.39, 0.29) is 5.91 Å². The van der Waals surface area contributed by atoms with E-state index < -0.39 is 6.17 Å². The standard InChI is InChI=1S/C29H26N4O4/c34-29-21-6-2-4-8-24(21)31-28(33(29)20-9-10-25-26(18-20)37-16-15-36-25)22-17-19-5-1-3-7-23(19)30-27(22)32-11-13-35-14-12-32/h1-10,17-18,28,31H,11-16H2/t28-/m0/s1. The molecule has 3 aromatic carbocycles. The lowest BCUT2D eigenvalue weighted by atomic mass is 10.0. The smallest absolute Gasteiger partial charge is 0.262 e. The molecule has 186 valence electrons. The third-order valence-electron chi connectivity index (χ3n) is 7.07. The molecule has 0 unspecified atom stereocenters. The number of hydrogen-bond acceptors (Lipinski definition) is 7. The molecule has 1 N–H and O–H groups in total. The first kappa shape index (κ1) is 21.9. The summed E-state index contributed by atoms with van der Waals surface area (Å²) in [6.07, 6.45) is -0.486. The molecule has 1 saturated heterocycles. The molecular weight excluding hydrogens is 468 g/mol. The van der Waals surface area contributed by atoms with Crippen molar-refractivity contribution in [1.82, 2.24) is 4.98 Å². The number of nitrogens with one attached hydrogen (secondary N) is 1. The average molecular weight is 495 g/mol. The van der Waals surface area contributed by atoms with Crippen LogP contribution in [-0.2, 0) is 4.74 Å². The molecule has 7 rings (SSSR count). The van der Waals surface area contributed by atoms with E-state index in [4.69, 9.17) is 19.2 Å². The van der Waals surface area contributed by atoms with Gasteiger partial charge in [0.15, 0.2) is 11.5 Å². The van der Waals surface area contributed by atoms with E-state index in [2.05, 4.69) is 22.3 Å². The number of carbonyl (C=O) groups is 1. The van der Waals surface area contributed by atoms with Crippen molar-refractivity contribution in [2.75, 3.05) is 54.6 Å². The van der Waals surface area contributed by atoms with E-state index >= 15 is 0 Å². The second-order valence-electron chi connectivity index (χ2n) is 9.29. The highest BCUT2D eigenvalue weighted by Crippen LogP contribution is 2.43. The Balaban J connectivity index is 1.42. The maximum Gasteiger partial charge on any atom is 0.262 e. The minimum Gasteiger partial charge on any atom is -0.486 e. The van der Waals surface area contributed by atoms with Crippen molar-refractivity contribution in [3.63, 3.8) is 0 Å². The lowest BCUT2D eigenvalue weighted by Crippen LogP contribution is -2.45. The van der Waals surface area contributed by atoms with Gasteiger partial charge < -0.3 is 24.4 Å². The second kappa shape index (κ2) is 8.97. The third-order valence-corrected chi connectivity index (χ3v) is 7.07. The zero-order valence-corrected chi connectivity index (χ0v) is 20.2. The van der Waals surface area contributed by atoms with Gasteiger partial charge in [-0.25, -0.2) is 4.98 Å². The predicted octanol–water partition coefficient (Wildman–Crippen LogP) is 4.61. The molecule has 3 aliphatic rings. The average Bonchev–Trinajstić information content (AvgIpc) is 2.96. The van der Waals surface area contributed by atoms with Crippen molar-refractivity contribution >= 4 is 34.0 Å². The SMILES string of the molecule is O=C1c2ccccc2N[C@H](c2cc3ccccc3nc2N2CCOCC2)N1c1ccc2c(c1)OCCO2. The molecular formula is C29H26N4O4. The van der Waals surface area contributed by atoms with Gasteiger partial charge in [0, 0.05) is 35.8 Å². The van der Waals surface area contributed by atoms with Gasteiger partial charge in [0.25, 0.3) is 5.91 Å². The number of anilines is 3. The van der Waals surface area contributed by atoms with Crippen LogP contribution in [0.25, 0.3) is 10.9 Å². The summed E-state index contributed by atoms with van der Waals surface area (Å²) in [5.41, 5.74) is 3.99. The number of ether oxygens (including phenoxy) is 3. The van der Waals surface area contributed by atoms with E-state index in [0.717, 1.165) is 46.7 Å². The van der Waals surface area contributed by atoms with Gasteiger partial charge in [-0.2, -0.15) is 0 Å². The fourth-order valence-electron chi connectivity index (χ4n) is 5.27. The normalized spacial score (nSPS) is 18.9. The van der Waals surface area contributed by atoms with Crippen molar-refractivity contribution in [1.29, 1.82) is 0 Å². The Kier molecular flexibility index (Phi) is 5.32. The zero-order valence-electron chi connectivity index (χ0n) is 20.2. The molecule has 1 atom stereocenters. The highest BCUT2D eigenvalue weighted by Gasteiger charge is 2.37. The molecule has 1 aromatic heterocycles. The molecule has 0 radical (unpaired) electrons. The van der Waals surface area contributed by atoms with Crippen molar-refractivity contribution in [2.24, 2.45) is 0 Å². The second-order valence-corrected chi connectivity index (χ2v) is 9.29. The van der Waals surface area contributed by atoms with Gasteiger partial charge in [0.1, 0.15) is 25.2 Å². The first-order valence-corrected chi connectivity index (χ1v) is 12.6. The number of benzene rings is 3. The van der Waals surface area contributed by atoms with Gasteiger partial charge in [-0.3, -0.25) is 9.69 Å². The number of para-hydroxylation sites is 2. The monoisotopic (exact) mass is 494 g/mol. The van der Waals surface area contributed by atoms with E-state index in [0.29, 0.717) is 43.5 Å². The molecule has 3 aliphatic heterocycles. The van der Waals surface area contributed by atoms with Crippen LogP contribution in [0.3, 0.4) is 0 Å². The van der Waals surface area contributed by atoms with E-state index in [9.17, 15) is 4.79 Å². The summed E-state index contributed by atoms with van der Waals surface area (Å²) in [5, 5.41) is 4.67. The molecule has 0 saturated carbocycles. The lowest BCUT2D eigenvalue weighted by Gasteiger charge is -2.40. The largest absolute Gasteiger partial charge is 0.486 e. The number of fused-ring (bicyclic) bond motifs is 3. The fourth-order valence-corrected chi connectivity index (χ4v) is 5.27. The summed E-state index contributed by atoms with van der Waals surface area (Å²) in [6.45, 7) is 3.74. The van der Waals surface area contributed by atoms with Crippen LogP contribution in [0.5, 0.6) is 11.5 Å². The fraction of sp³-hybridized carbons (Fsp3) is 0.241. The predicted molar refractivity (Wildman–Crippen MR) is 142 cm³/mol. The Morgan fingerprint density at radius 1 is 0.838 bits per heavy atom. The number of pyridine rings is 1. The minimum absolute atomic E-state index is 0.0860.